The highest BCUT2D eigenvalue weighted by Gasteiger charge is 2.32. The minimum Gasteiger partial charge on any atom is -0.390 e. The molecule has 0 saturated carbocycles. The van der Waals surface area contributed by atoms with E-state index in [9.17, 15) is 17.9 Å². The molecule has 1 aliphatic rings. The first-order chi connectivity index (χ1) is 11.2. The molecule has 7 heteroatoms. The van der Waals surface area contributed by atoms with Gasteiger partial charge < -0.3 is 9.84 Å². The van der Waals surface area contributed by atoms with Gasteiger partial charge in [-0.1, -0.05) is 12.1 Å². The van der Waals surface area contributed by atoms with Gasteiger partial charge in [-0.2, -0.15) is 0 Å². The molecule has 0 spiro atoms. The Balaban J connectivity index is 2.01. The zero-order valence-corrected chi connectivity index (χ0v) is 15.1. The zero-order chi connectivity index (χ0) is 17.8. The predicted octanol–water partition coefficient (Wildman–Crippen LogP) is 1.95. The Morgan fingerprint density at radius 3 is 2.58 bits per heavy atom. The van der Waals surface area contributed by atoms with Crippen molar-refractivity contribution in [2.24, 2.45) is 0 Å². The highest BCUT2D eigenvalue weighted by molar-refractivity contribution is 7.89. The van der Waals surface area contributed by atoms with Gasteiger partial charge in [-0.3, -0.25) is 0 Å². The molecule has 1 saturated heterocycles. The Morgan fingerprint density at radius 2 is 1.96 bits per heavy atom. The number of aliphatic hydroxyl groups is 1. The van der Waals surface area contributed by atoms with Crippen molar-refractivity contribution in [2.45, 2.75) is 44.3 Å². The van der Waals surface area contributed by atoms with E-state index in [0.717, 1.165) is 5.56 Å². The van der Waals surface area contributed by atoms with Gasteiger partial charge in [0, 0.05) is 20.2 Å². The maximum Gasteiger partial charge on any atom is 0.216 e. The zero-order valence-electron chi connectivity index (χ0n) is 14.2. The smallest absolute Gasteiger partial charge is 0.216 e. The molecule has 136 valence electrons. The normalized spacial score (nSPS) is 24.5. The topological polar surface area (TPSA) is 66.8 Å². The average molecular weight is 359 g/mol. The van der Waals surface area contributed by atoms with Crippen LogP contribution in [0.1, 0.15) is 31.7 Å². The number of nitrogens with zero attached hydrogens (tertiary/aromatic N) is 1. The van der Waals surface area contributed by atoms with E-state index in [4.69, 9.17) is 4.74 Å². The van der Waals surface area contributed by atoms with E-state index in [-0.39, 0.29) is 11.6 Å². The third-order valence-corrected chi connectivity index (χ3v) is 6.47. The lowest BCUT2D eigenvalue weighted by molar-refractivity contribution is 0.0465. The minimum atomic E-state index is -3.47. The Kier molecular flexibility index (Phi) is 6.36. The average Bonchev–Trinajstić information content (AvgIpc) is 2.70. The van der Waals surface area contributed by atoms with Gasteiger partial charge in [-0.25, -0.2) is 17.1 Å². The lowest BCUT2D eigenvalue weighted by Gasteiger charge is -2.24. The first kappa shape index (κ1) is 19.3. The third kappa shape index (κ3) is 5.51. The monoisotopic (exact) mass is 359 g/mol. The molecule has 2 unspecified atom stereocenters. The summed E-state index contributed by atoms with van der Waals surface area (Å²) in [4.78, 5) is 0. The van der Waals surface area contributed by atoms with Crippen molar-refractivity contribution in [1.82, 2.24) is 4.31 Å². The quantitative estimate of drug-likeness (QED) is 0.843. The van der Waals surface area contributed by atoms with E-state index in [2.05, 4.69) is 0 Å². The number of halogens is 1. The van der Waals surface area contributed by atoms with Crippen LogP contribution in [0.25, 0.3) is 0 Å². The molecule has 0 aliphatic carbocycles. The van der Waals surface area contributed by atoms with E-state index in [1.165, 1.54) is 23.5 Å². The van der Waals surface area contributed by atoms with Crippen LogP contribution in [0.4, 0.5) is 4.39 Å². The number of rotatable bonds is 6. The van der Waals surface area contributed by atoms with E-state index in [0.29, 0.717) is 38.8 Å². The van der Waals surface area contributed by atoms with Gasteiger partial charge in [0.1, 0.15) is 5.82 Å². The highest BCUT2D eigenvalue weighted by Crippen LogP contribution is 2.23. The SMILES string of the molecule is COC(Cc1ccc(F)cc1)CS(=O)(=O)N1CCCC(C)(O)CC1. The van der Waals surface area contributed by atoms with E-state index >= 15 is 0 Å². The molecule has 2 rings (SSSR count). The molecular formula is C17H26FNO4S. The highest BCUT2D eigenvalue weighted by atomic mass is 32.2. The van der Waals surface area contributed by atoms with E-state index in [1.807, 2.05) is 0 Å². The molecule has 0 bridgehead atoms. The molecule has 5 nitrogen and oxygen atoms in total. The van der Waals surface area contributed by atoms with Crippen molar-refractivity contribution in [1.29, 1.82) is 0 Å². The van der Waals surface area contributed by atoms with Gasteiger partial charge in [0.05, 0.1) is 17.5 Å². The van der Waals surface area contributed by atoms with Crippen LogP contribution in [-0.4, -0.2) is 55.5 Å². The lowest BCUT2D eigenvalue weighted by atomic mass is 9.98. The van der Waals surface area contributed by atoms with Gasteiger partial charge >= 0.3 is 0 Å². The lowest BCUT2D eigenvalue weighted by Crippen LogP contribution is -2.39. The number of hydrogen-bond donors (Lipinski definition) is 1. The Labute approximate surface area is 143 Å². The summed E-state index contributed by atoms with van der Waals surface area (Å²) in [6.07, 6.45) is 1.58. The van der Waals surface area contributed by atoms with Crippen LogP contribution in [0.2, 0.25) is 0 Å². The van der Waals surface area contributed by atoms with Gasteiger partial charge in [0.15, 0.2) is 0 Å². The second kappa shape index (κ2) is 7.91. The fraction of sp³-hybridized carbons (Fsp3) is 0.647. The molecule has 1 heterocycles. The summed E-state index contributed by atoms with van der Waals surface area (Å²) in [6, 6.07) is 5.98. The molecule has 0 aromatic heterocycles. The van der Waals surface area contributed by atoms with Gasteiger partial charge in [0.2, 0.25) is 10.0 Å². The van der Waals surface area contributed by atoms with Crippen molar-refractivity contribution in [3.8, 4) is 0 Å². The summed E-state index contributed by atoms with van der Waals surface area (Å²) in [6.45, 7) is 2.49. The van der Waals surface area contributed by atoms with Crippen molar-refractivity contribution in [2.75, 3.05) is 26.0 Å². The summed E-state index contributed by atoms with van der Waals surface area (Å²) in [5.41, 5.74) is 0.0243. The van der Waals surface area contributed by atoms with Crippen LogP contribution in [0.3, 0.4) is 0 Å². The van der Waals surface area contributed by atoms with Crippen LogP contribution in [0.15, 0.2) is 24.3 Å². The third-order valence-electron chi connectivity index (χ3n) is 4.52. The standard InChI is InChI=1S/C17H26FNO4S/c1-17(20)8-3-10-19(11-9-17)24(21,22)13-16(23-2)12-14-4-6-15(18)7-5-14/h4-7,16,20H,3,8-13H2,1-2H3. The Morgan fingerprint density at radius 1 is 1.29 bits per heavy atom. The second-order valence-corrected chi connectivity index (χ2v) is 8.73. The molecule has 1 N–H and O–H groups in total. The molecule has 1 aromatic carbocycles. The Hall–Kier alpha value is -1.02. The molecule has 1 aromatic rings. The first-order valence-corrected chi connectivity index (χ1v) is 9.80. The predicted molar refractivity (Wildman–Crippen MR) is 90.7 cm³/mol. The number of benzene rings is 1. The van der Waals surface area contributed by atoms with Crippen LogP contribution in [0.5, 0.6) is 0 Å². The number of methoxy groups -OCH3 is 1. The van der Waals surface area contributed by atoms with Gasteiger partial charge in [-0.05, 0) is 50.3 Å². The Bertz CT molecular complexity index is 630. The summed E-state index contributed by atoms with van der Waals surface area (Å²) in [5.74, 6) is -0.444. The molecular weight excluding hydrogens is 333 g/mol. The van der Waals surface area contributed by atoms with Crippen molar-refractivity contribution >= 4 is 10.0 Å². The van der Waals surface area contributed by atoms with Gasteiger partial charge in [-0.15, -0.1) is 0 Å². The van der Waals surface area contributed by atoms with Crippen molar-refractivity contribution in [3.63, 3.8) is 0 Å². The largest absolute Gasteiger partial charge is 0.390 e. The summed E-state index contributed by atoms with van der Waals surface area (Å²) < 4.78 is 45.1. The van der Waals surface area contributed by atoms with Crippen LogP contribution in [0, 0.1) is 5.82 Å². The van der Waals surface area contributed by atoms with Crippen molar-refractivity contribution < 1.29 is 22.7 Å². The van der Waals surface area contributed by atoms with E-state index in [1.54, 1.807) is 19.1 Å². The number of sulfonamides is 1. The van der Waals surface area contributed by atoms with Crippen LogP contribution < -0.4 is 0 Å². The fourth-order valence-corrected chi connectivity index (χ4v) is 4.66. The molecule has 24 heavy (non-hydrogen) atoms. The summed E-state index contributed by atoms with van der Waals surface area (Å²) >= 11 is 0. The molecule has 1 fully saturated rings. The van der Waals surface area contributed by atoms with E-state index < -0.39 is 21.7 Å². The number of hydrogen-bond acceptors (Lipinski definition) is 4. The summed E-state index contributed by atoms with van der Waals surface area (Å²) in [5, 5.41) is 10.1. The second-order valence-electron chi connectivity index (χ2n) is 6.72. The maximum absolute atomic E-state index is 13.0. The fourth-order valence-electron chi connectivity index (χ4n) is 2.95. The van der Waals surface area contributed by atoms with Crippen LogP contribution in [-0.2, 0) is 21.2 Å². The first-order valence-electron chi connectivity index (χ1n) is 8.19. The molecule has 2 atom stereocenters. The number of ether oxygens (including phenoxy) is 1. The molecule has 0 radical (unpaired) electrons. The molecule has 1 aliphatic heterocycles. The van der Waals surface area contributed by atoms with Crippen molar-refractivity contribution in [3.05, 3.63) is 35.6 Å². The summed E-state index contributed by atoms with van der Waals surface area (Å²) in [7, 11) is -1.99. The molecule has 0 amide bonds. The van der Waals surface area contributed by atoms with Gasteiger partial charge in [0.25, 0.3) is 0 Å². The minimum absolute atomic E-state index is 0.122. The van der Waals surface area contributed by atoms with Crippen LogP contribution >= 0.6 is 0 Å². The maximum atomic E-state index is 13.0.